The molecule has 1 aliphatic rings. The van der Waals surface area contributed by atoms with Crippen molar-refractivity contribution in [3.8, 4) is 0 Å². The van der Waals surface area contributed by atoms with Crippen LogP contribution in [0.25, 0.3) is 12.2 Å². The summed E-state index contributed by atoms with van der Waals surface area (Å²) >= 11 is 0. The molecule has 2 heterocycles. The first-order chi connectivity index (χ1) is 17.5. The van der Waals surface area contributed by atoms with Crippen molar-refractivity contribution in [1.29, 1.82) is 0 Å². The van der Waals surface area contributed by atoms with E-state index in [-0.39, 0.29) is 23.1 Å². The Morgan fingerprint density at radius 2 is 1.68 bits per heavy atom. The van der Waals surface area contributed by atoms with Gasteiger partial charge in [-0.1, -0.05) is 47.1 Å². The molecule has 37 heavy (non-hydrogen) atoms. The van der Waals surface area contributed by atoms with Gasteiger partial charge in [0.1, 0.15) is 5.69 Å². The molecule has 0 bridgehead atoms. The number of hydrogen-bond acceptors (Lipinski definition) is 5. The van der Waals surface area contributed by atoms with Crippen LogP contribution >= 0.6 is 0 Å². The third-order valence-electron chi connectivity index (χ3n) is 7.05. The number of rotatable bonds is 6. The smallest absolute Gasteiger partial charge is 0.248 e. The van der Waals surface area contributed by atoms with Crippen LogP contribution in [-0.2, 0) is 14.8 Å². The fourth-order valence-electron chi connectivity index (χ4n) is 5.15. The van der Waals surface area contributed by atoms with Gasteiger partial charge in [-0.05, 0) is 88.3 Å². The third kappa shape index (κ3) is 5.55. The molecule has 1 N–H and O–H groups in total. The molecule has 1 fully saturated rings. The Balaban J connectivity index is 1.58. The highest BCUT2D eigenvalue weighted by Gasteiger charge is 2.37. The van der Waals surface area contributed by atoms with Crippen molar-refractivity contribution in [2.45, 2.75) is 59.3 Å². The number of amides is 1. The lowest BCUT2D eigenvalue weighted by Gasteiger charge is -2.31. The van der Waals surface area contributed by atoms with Crippen LogP contribution in [0.3, 0.4) is 0 Å². The maximum atomic E-state index is 13.8. The van der Waals surface area contributed by atoms with Crippen LogP contribution in [0, 0.1) is 47.5 Å². The van der Waals surface area contributed by atoms with Crippen molar-refractivity contribution in [2.75, 3.05) is 18.4 Å². The lowest BCUT2D eigenvalue weighted by Crippen LogP contribution is -2.44. The predicted octanol–water partition coefficient (Wildman–Crippen LogP) is 5.73. The average Bonchev–Trinajstić information content (AvgIpc) is 3.21. The van der Waals surface area contributed by atoms with E-state index in [0.717, 1.165) is 33.5 Å². The van der Waals surface area contributed by atoms with Gasteiger partial charge in [-0.2, -0.15) is 4.31 Å². The Bertz CT molecular complexity index is 1430. The molecular weight excluding hydrogens is 486 g/mol. The monoisotopic (exact) mass is 521 g/mol. The molecule has 3 aromatic rings. The molecule has 0 spiro atoms. The number of hydrogen-bond donors (Lipinski definition) is 1. The molecular formula is C29H35N3O4S. The molecule has 1 saturated heterocycles. The maximum absolute atomic E-state index is 13.8. The number of para-hydroxylation sites is 1. The van der Waals surface area contributed by atoms with E-state index >= 15 is 0 Å². The SMILES string of the molecule is Cc1cc(C)c(C=Cc2onc(C)c2S(=O)(=O)N2CCCC(C(=O)Nc3c(C)cccc3C)C2)c(C)c1. The minimum Gasteiger partial charge on any atom is -0.355 e. The molecule has 1 aromatic heterocycles. The number of piperidine rings is 1. The van der Waals surface area contributed by atoms with E-state index in [1.807, 2.05) is 58.9 Å². The minimum atomic E-state index is -3.92. The van der Waals surface area contributed by atoms with Crippen LogP contribution in [0.4, 0.5) is 5.69 Å². The lowest BCUT2D eigenvalue weighted by atomic mass is 9.98. The topological polar surface area (TPSA) is 92.5 Å². The summed E-state index contributed by atoms with van der Waals surface area (Å²) in [5.74, 6) is -0.414. The van der Waals surface area contributed by atoms with Gasteiger partial charge in [0, 0.05) is 18.8 Å². The highest BCUT2D eigenvalue weighted by molar-refractivity contribution is 7.89. The molecule has 1 aliphatic heterocycles. The Morgan fingerprint density at radius 3 is 2.32 bits per heavy atom. The Morgan fingerprint density at radius 1 is 1.03 bits per heavy atom. The zero-order valence-corrected chi connectivity index (χ0v) is 23.2. The van der Waals surface area contributed by atoms with Gasteiger partial charge in [0.05, 0.1) is 5.92 Å². The first kappa shape index (κ1) is 26.8. The van der Waals surface area contributed by atoms with E-state index in [9.17, 15) is 13.2 Å². The largest absolute Gasteiger partial charge is 0.355 e. The number of carbonyl (C=O) groups is 1. The number of benzene rings is 2. The number of sulfonamides is 1. The summed E-state index contributed by atoms with van der Waals surface area (Å²) in [6, 6.07) is 10.0. The summed E-state index contributed by atoms with van der Waals surface area (Å²) in [6.45, 7) is 12.1. The molecule has 7 nitrogen and oxygen atoms in total. The standard InChI is InChI=1S/C29H35N3O4S/c1-18-15-21(4)25(22(5)16-18)12-13-26-28(23(6)31-36-26)37(34,35)32-14-8-11-24(17-32)29(33)30-27-19(2)9-7-10-20(27)3/h7,9-10,12-13,15-16,24H,8,11,14,17H2,1-6H3,(H,30,33). The summed E-state index contributed by atoms with van der Waals surface area (Å²) in [5, 5.41) is 7.00. The minimum absolute atomic E-state index is 0.0574. The van der Waals surface area contributed by atoms with E-state index in [1.54, 1.807) is 13.0 Å². The fraction of sp³-hybridized carbons (Fsp3) is 0.379. The van der Waals surface area contributed by atoms with Gasteiger partial charge < -0.3 is 9.84 Å². The summed E-state index contributed by atoms with van der Waals surface area (Å²) in [4.78, 5) is 13.2. The van der Waals surface area contributed by atoms with Gasteiger partial charge in [0.2, 0.25) is 15.9 Å². The van der Waals surface area contributed by atoms with Gasteiger partial charge in [-0.25, -0.2) is 8.42 Å². The Kier molecular flexibility index (Phi) is 7.71. The number of nitrogens with one attached hydrogen (secondary N) is 1. The van der Waals surface area contributed by atoms with Crippen molar-refractivity contribution in [3.05, 3.63) is 75.2 Å². The second kappa shape index (κ2) is 10.6. The second-order valence-electron chi connectivity index (χ2n) is 10.1. The van der Waals surface area contributed by atoms with Crippen LogP contribution in [0.15, 0.2) is 39.8 Å². The molecule has 0 saturated carbocycles. The van der Waals surface area contributed by atoms with E-state index < -0.39 is 15.9 Å². The first-order valence-electron chi connectivity index (χ1n) is 12.6. The van der Waals surface area contributed by atoms with Crippen LogP contribution in [0.2, 0.25) is 0 Å². The Labute approximate surface area is 219 Å². The Hall–Kier alpha value is -3.23. The van der Waals surface area contributed by atoms with Crippen molar-refractivity contribution < 1.29 is 17.7 Å². The molecule has 0 radical (unpaired) electrons. The molecule has 196 valence electrons. The number of nitrogens with zero attached hydrogens (tertiary/aromatic N) is 2. The zero-order chi connectivity index (χ0) is 26.9. The van der Waals surface area contributed by atoms with E-state index in [1.165, 1.54) is 9.87 Å². The van der Waals surface area contributed by atoms with Crippen LogP contribution in [0.5, 0.6) is 0 Å². The van der Waals surface area contributed by atoms with Crippen molar-refractivity contribution in [2.24, 2.45) is 5.92 Å². The third-order valence-corrected chi connectivity index (χ3v) is 9.08. The summed E-state index contributed by atoms with van der Waals surface area (Å²) < 4.78 is 34.4. The highest BCUT2D eigenvalue weighted by Crippen LogP contribution is 2.31. The zero-order valence-electron chi connectivity index (χ0n) is 22.4. The maximum Gasteiger partial charge on any atom is 0.248 e. The van der Waals surface area contributed by atoms with Crippen LogP contribution in [-0.4, -0.2) is 36.9 Å². The molecule has 4 rings (SSSR count). The fourth-order valence-corrected chi connectivity index (χ4v) is 6.93. The number of aromatic nitrogens is 1. The summed E-state index contributed by atoms with van der Waals surface area (Å²) in [7, 11) is -3.92. The molecule has 1 unspecified atom stereocenters. The van der Waals surface area contributed by atoms with Gasteiger partial charge in [-0.15, -0.1) is 0 Å². The van der Waals surface area contributed by atoms with Crippen molar-refractivity contribution in [3.63, 3.8) is 0 Å². The second-order valence-corrected chi connectivity index (χ2v) is 11.9. The van der Waals surface area contributed by atoms with E-state index in [0.29, 0.717) is 25.1 Å². The number of carbonyl (C=O) groups excluding carboxylic acids is 1. The van der Waals surface area contributed by atoms with E-state index in [2.05, 4.69) is 22.6 Å². The summed E-state index contributed by atoms with van der Waals surface area (Å²) in [5.41, 5.74) is 7.44. The highest BCUT2D eigenvalue weighted by atomic mass is 32.2. The van der Waals surface area contributed by atoms with Gasteiger partial charge >= 0.3 is 0 Å². The molecule has 1 atom stereocenters. The number of aryl methyl sites for hydroxylation is 6. The van der Waals surface area contributed by atoms with Crippen LogP contribution in [0.1, 0.15) is 57.7 Å². The lowest BCUT2D eigenvalue weighted by molar-refractivity contribution is -0.120. The number of anilines is 1. The normalized spacial score (nSPS) is 16.9. The predicted molar refractivity (Wildman–Crippen MR) is 147 cm³/mol. The quantitative estimate of drug-likeness (QED) is 0.447. The van der Waals surface area contributed by atoms with Gasteiger partial charge in [0.15, 0.2) is 10.7 Å². The van der Waals surface area contributed by atoms with Gasteiger partial charge in [0.25, 0.3) is 0 Å². The molecule has 1 amide bonds. The van der Waals surface area contributed by atoms with Crippen molar-refractivity contribution in [1.82, 2.24) is 9.46 Å². The molecule has 8 heteroatoms. The van der Waals surface area contributed by atoms with E-state index in [4.69, 9.17) is 4.52 Å². The first-order valence-corrected chi connectivity index (χ1v) is 14.0. The van der Waals surface area contributed by atoms with Crippen molar-refractivity contribution >= 4 is 33.8 Å². The molecule has 0 aliphatic carbocycles. The van der Waals surface area contributed by atoms with Gasteiger partial charge in [-0.3, -0.25) is 4.79 Å². The summed E-state index contributed by atoms with van der Waals surface area (Å²) in [6.07, 6.45) is 4.78. The average molecular weight is 522 g/mol. The molecule has 2 aromatic carbocycles. The van der Waals surface area contributed by atoms with Crippen LogP contribution < -0.4 is 5.32 Å².